The summed E-state index contributed by atoms with van der Waals surface area (Å²) in [6.07, 6.45) is -14.8. The maximum atomic E-state index is 13.5. The molecule has 36 heavy (non-hydrogen) atoms. The smallest absolute Gasteiger partial charge is 0.456 e. The molecule has 0 amide bonds. The lowest BCUT2D eigenvalue weighted by Crippen LogP contribution is -2.74. The third kappa shape index (κ3) is 4.62. The van der Waals surface area contributed by atoms with Crippen LogP contribution in [0.1, 0.15) is 0 Å². The number of alkyl halides is 20. The highest BCUT2D eigenvalue weighted by Crippen LogP contribution is 2.63. The number of rotatable bonds is 11. The SMILES string of the molecule is C=CC(=O)OCC(F)(F)C(F)(F)C(F)C(F)(F)C(F)(F)C(F)(F)C(F)(F)C(F)(F)C(F)(F)C(F)(F)F. The van der Waals surface area contributed by atoms with Crippen molar-refractivity contribution in [1.82, 2.24) is 0 Å². The van der Waals surface area contributed by atoms with Gasteiger partial charge in [0, 0.05) is 6.08 Å². The molecule has 0 heterocycles. The highest BCUT2D eigenvalue weighted by atomic mass is 19.4. The molecule has 1 atom stereocenters. The summed E-state index contributed by atoms with van der Waals surface area (Å²) in [5, 5.41) is 0. The van der Waals surface area contributed by atoms with E-state index in [-0.39, 0.29) is 6.08 Å². The number of hydrogen-bond donors (Lipinski definition) is 0. The predicted molar refractivity (Wildman–Crippen MR) is 71.7 cm³/mol. The second-order valence-electron chi connectivity index (χ2n) is 6.49. The quantitative estimate of drug-likeness (QED) is 0.153. The van der Waals surface area contributed by atoms with Gasteiger partial charge in [-0.1, -0.05) is 6.58 Å². The van der Waals surface area contributed by atoms with Crippen molar-refractivity contribution in [3.05, 3.63) is 12.7 Å². The van der Waals surface area contributed by atoms with Gasteiger partial charge in [0.2, 0.25) is 6.17 Å². The van der Waals surface area contributed by atoms with Crippen LogP contribution in [0.3, 0.4) is 0 Å². The van der Waals surface area contributed by atoms with E-state index < -0.39 is 72.3 Å². The molecule has 0 fully saturated rings. The minimum atomic E-state index is -8.97. The van der Waals surface area contributed by atoms with Crippen molar-refractivity contribution in [2.75, 3.05) is 6.61 Å². The number of ether oxygens (including phenoxy) is 1. The van der Waals surface area contributed by atoms with Gasteiger partial charge in [0.15, 0.2) is 6.61 Å². The van der Waals surface area contributed by atoms with Gasteiger partial charge in [-0.3, -0.25) is 0 Å². The maximum absolute atomic E-state index is 13.5. The second kappa shape index (κ2) is 8.98. The highest BCUT2D eigenvalue weighted by molar-refractivity contribution is 5.81. The average Bonchev–Trinajstić information content (AvgIpc) is 2.69. The molecular formula is C14H6F20O2. The van der Waals surface area contributed by atoms with E-state index in [4.69, 9.17) is 0 Å². The second-order valence-corrected chi connectivity index (χ2v) is 6.49. The number of carbonyl (C=O) groups excluding carboxylic acids is 1. The van der Waals surface area contributed by atoms with E-state index in [9.17, 15) is 92.6 Å². The zero-order valence-corrected chi connectivity index (χ0v) is 15.9. The van der Waals surface area contributed by atoms with Gasteiger partial charge in [-0.25, -0.2) is 9.18 Å². The Kier molecular flexibility index (Phi) is 8.43. The first-order chi connectivity index (χ1) is 15.4. The first-order valence-electron chi connectivity index (χ1n) is 7.88. The molecule has 0 radical (unpaired) electrons. The van der Waals surface area contributed by atoms with Crippen LogP contribution in [0.2, 0.25) is 0 Å². The monoisotopic (exact) mass is 586 g/mol. The molecule has 0 N–H and O–H groups in total. The Morgan fingerprint density at radius 1 is 0.611 bits per heavy atom. The molecule has 0 spiro atoms. The molecule has 2 nitrogen and oxygen atoms in total. The molecule has 0 rings (SSSR count). The van der Waals surface area contributed by atoms with Crippen molar-refractivity contribution in [2.24, 2.45) is 0 Å². The average molecular weight is 586 g/mol. The van der Waals surface area contributed by atoms with E-state index in [0.29, 0.717) is 0 Å². The Bertz CT molecular complexity index is 825. The minimum absolute atomic E-state index is 0.0799. The van der Waals surface area contributed by atoms with Gasteiger partial charge >= 0.3 is 59.5 Å². The molecule has 0 saturated heterocycles. The molecule has 22 heteroatoms. The Balaban J connectivity index is 6.70. The standard InChI is InChI=1S/C14H6F20O2/c1-2-4(35)36-3-6(16,17)7(18,19)5(15)8(20,21)9(22,23)10(24,25)11(26,27)12(28,29)13(30,31)14(32,33)34/h2,5H,1,3H2. The number of carbonyl (C=O) groups is 1. The first kappa shape index (κ1) is 33.8. The van der Waals surface area contributed by atoms with Crippen molar-refractivity contribution in [3.8, 4) is 0 Å². The Hall–Kier alpha value is -2.19. The topological polar surface area (TPSA) is 26.3 Å². The van der Waals surface area contributed by atoms with Gasteiger partial charge in [-0.05, 0) is 0 Å². The van der Waals surface area contributed by atoms with E-state index in [1.54, 1.807) is 0 Å². The molecule has 0 aliphatic rings. The van der Waals surface area contributed by atoms with Crippen molar-refractivity contribution in [3.63, 3.8) is 0 Å². The zero-order valence-electron chi connectivity index (χ0n) is 15.9. The van der Waals surface area contributed by atoms with E-state index >= 15 is 0 Å². The van der Waals surface area contributed by atoms with Crippen molar-refractivity contribution in [1.29, 1.82) is 0 Å². The summed E-state index contributed by atoms with van der Waals surface area (Å²) in [5.74, 6) is -68.3. The summed E-state index contributed by atoms with van der Waals surface area (Å²) in [6, 6.07) is 0. The van der Waals surface area contributed by atoms with Crippen LogP contribution in [0.4, 0.5) is 87.8 Å². The molecular weight excluding hydrogens is 580 g/mol. The van der Waals surface area contributed by atoms with Crippen LogP contribution in [0.5, 0.6) is 0 Å². The van der Waals surface area contributed by atoms with Crippen molar-refractivity contribution >= 4 is 5.97 Å². The van der Waals surface area contributed by atoms with Crippen molar-refractivity contribution in [2.45, 2.75) is 59.7 Å². The van der Waals surface area contributed by atoms with E-state index in [1.165, 1.54) is 0 Å². The fourth-order valence-corrected chi connectivity index (χ4v) is 1.87. The molecule has 0 saturated carbocycles. The summed E-state index contributed by atoms with van der Waals surface area (Å²) in [4.78, 5) is 10.5. The molecule has 214 valence electrons. The van der Waals surface area contributed by atoms with Gasteiger partial charge in [-0.2, -0.15) is 83.4 Å². The third-order valence-corrected chi connectivity index (χ3v) is 4.04. The van der Waals surface area contributed by atoms with Crippen molar-refractivity contribution < 1.29 is 97.3 Å². The van der Waals surface area contributed by atoms with Crippen LogP contribution in [-0.2, 0) is 9.53 Å². The Labute approximate surface area is 183 Å². The Morgan fingerprint density at radius 2 is 0.944 bits per heavy atom. The van der Waals surface area contributed by atoms with Gasteiger partial charge < -0.3 is 4.74 Å². The van der Waals surface area contributed by atoms with Gasteiger partial charge in [-0.15, -0.1) is 0 Å². The van der Waals surface area contributed by atoms with Gasteiger partial charge in [0.05, 0.1) is 0 Å². The summed E-state index contributed by atoms with van der Waals surface area (Å²) < 4.78 is 264. The minimum Gasteiger partial charge on any atom is -0.456 e. The fourth-order valence-electron chi connectivity index (χ4n) is 1.87. The number of hydrogen-bond acceptors (Lipinski definition) is 2. The first-order valence-corrected chi connectivity index (χ1v) is 7.88. The number of halogens is 20. The van der Waals surface area contributed by atoms with Gasteiger partial charge in [0.1, 0.15) is 0 Å². The largest absolute Gasteiger partial charge is 0.460 e. The summed E-state index contributed by atoms with van der Waals surface area (Å²) in [5.41, 5.74) is 0. The van der Waals surface area contributed by atoms with Gasteiger partial charge in [0.25, 0.3) is 0 Å². The predicted octanol–water partition coefficient (Wildman–Crippen LogP) is 6.70. The molecule has 1 unspecified atom stereocenters. The zero-order chi connectivity index (χ0) is 29.8. The lowest BCUT2D eigenvalue weighted by atomic mass is 9.87. The van der Waals surface area contributed by atoms with Crippen LogP contribution in [0, 0.1) is 0 Å². The lowest BCUT2D eigenvalue weighted by molar-refractivity contribution is -0.458. The van der Waals surface area contributed by atoms with Crippen LogP contribution in [-0.4, -0.2) is 72.3 Å². The van der Waals surface area contributed by atoms with Crippen LogP contribution >= 0.6 is 0 Å². The van der Waals surface area contributed by atoms with E-state index in [2.05, 4.69) is 11.3 Å². The Morgan fingerprint density at radius 3 is 1.28 bits per heavy atom. The molecule has 0 aliphatic carbocycles. The molecule has 0 aromatic heterocycles. The fraction of sp³-hybridized carbons (Fsp3) is 0.786. The molecule has 0 aromatic rings. The molecule has 0 bridgehead atoms. The highest BCUT2D eigenvalue weighted by Gasteiger charge is 2.95. The summed E-state index contributed by atoms with van der Waals surface area (Å²) in [6.45, 7) is -0.706. The van der Waals surface area contributed by atoms with Crippen LogP contribution in [0.25, 0.3) is 0 Å². The van der Waals surface area contributed by atoms with Crippen LogP contribution in [0.15, 0.2) is 12.7 Å². The van der Waals surface area contributed by atoms with E-state index in [1.807, 2.05) is 0 Å². The van der Waals surface area contributed by atoms with Crippen LogP contribution < -0.4 is 0 Å². The van der Waals surface area contributed by atoms with E-state index in [0.717, 1.165) is 0 Å². The number of esters is 1. The summed E-state index contributed by atoms with van der Waals surface area (Å²) in [7, 11) is 0. The maximum Gasteiger partial charge on any atom is 0.460 e. The summed E-state index contributed by atoms with van der Waals surface area (Å²) >= 11 is 0. The normalized spacial score (nSPS) is 16.6. The molecule has 0 aliphatic heterocycles. The molecule has 0 aromatic carbocycles. The third-order valence-electron chi connectivity index (χ3n) is 4.04. The lowest BCUT2D eigenvalue weighted by Gasteiger charge is -2.43.